The molecule has 0 unspecified atom stereocenters. The molecule has 2 amide bonds. The molecule has 3 rings (SSSR count). The summed E-state index contributed by atoms with van der Waals surface area (Å²) in [5.74, 6) is -2.27. The van der Waals surface area contributed by atoms with E-state index < -0.39 is 63.2 Å². The van der Waals surface area contributed by atoms with Crippen LogP contribution in [0.5, 0.6) is 0 Å². The van der Waals surface area contributed by atoms with Gasteiger partial charge < -0.3 is 0 Å². The third kappa shape index (κ3) is 7.73. The molecule has 1 aromatic carbocycles. The number of nitrogens with one attached hydrogen (secondary N) is 1. The molecule has 2 aliphatic rings. The Balaban J connectivity index is 1.89. The minimum absolute atomic E-state index is 0.0668. The number of methoxy groups -OCH3 is 1. The molecule has 2 heterocycles. The molecule has 0 bridgehead atoms. The van der Waals surface area contributed by atoms with E-state index in [4.69, 9.17) is 9.47 Å². The molecule has 1 saturated heterocycles. The molecule has 2 aliphatic heterocycles. The average molecular weight is 697 g/mol. The maximum atomic E-state index is 13.5. The van der Waals surface area contributed by atoms with Crippen molar-refractivity contribution in [1.82, 2.24) is 10.2 Å². The van der Waals surface area contributed by atoms with E-state index in [2.05, 4.69) is 44.3 Å². The second kappa shape index (κ2) is 15.0. The minimum atomic E-state index is -3.84. The number of hydrogen-bond acceptors (Lipinski definition) is 7. The quantitative estimate of drug-likeness (QED) is 0.159. The zero-order valence-electron chi connectivity index (χ0n) is 25.2. The molecule has 9 nitrogen and oxygen atoms in total. The van der Waals surface area contributed by atoms with Gasteiger partial charge in [0.05, 0.1) is 0 Å². The van der Waals surface area contributed by atoms with Gasteiger partial charge in [0.25, 0.3) is 0 Å². The number of amides is 2. The number of sulfone groups is 1. The third-order valence-electron chi connectivity index (χ3n) is 8.25. The van der Waals surface area contributed by atoms with E-state index in [0.29, 0.717) is 0 Å². The van der Waals surface area contributed by atoms with Crippen LogP contribution in [0, 0.1) is 0 Å². The molecule has 0 spiro atoms. The summed E-state index contributed by atoms with van der Waals surface area (Å²) in [5.41, 5.74) is 0.996. The van der Waals surface area contributed by atoms with Gasteiger partial charge in [0.2, 0.25) is 0 Å². The van der Waals surface area contributed by atoms with Gasteiger partial charge in [-0.15, -0.1) is 0 Å². The van der Waals surface area contributed by atoms with Crippen LogP contribution in [0.15, 0.2) is 35.5 Å². The first kappa shape index (κ1) is 33.6. The van der Waals surface area contributed by atoms with E-state index in [0.717, 1.165) is 10.5 Å². The number of carbonyl (C=O) groups excluding carboxylic acids is 3. The molecule has 0 radical (unpaired) electrons. The SMILES string of the molecule is CCC[CH2][Sn]([CH2]CCC)([CH2]CCC)[c]1cccc(CNC(=O)C2=C(COC(C)=O)CS(=O)(=O)[C@@H]3[C@@H](OC)C(=O)N23)c1. The van der Waals surface area contributed by atoms with Crippen LogP contribution in [-0.2, 0) is 40.2 Å². The Bertz CT molecular complexity index is 1230. The van der Waals surface area contributed by atoms with Crippen LogP contribution in [0.2, 0.25) is 13.3 Å². The van der Waals surface area contributed by atoms with Crippen molar-refractivity contribution in [3.05, 3.63) is 41.1 Å². The maximum absolute atomic E-state index is 13.5. The fourth-order valence-corrected chi connectivity index (χ4v) is 24.1. The summed E-state index contributed by atoms with van der Waals surface area (Å²) in [5, 5.41) is 1.65. The second-order valence-corrected chi connectivity index (χ2v) is 26.6. The predicted octanol–water partition coefficient (Wildman–Crippen LogP) is 3.79. The van der Waals surface area contributed by atoms with Crippen molar-refractivity contribution in [1.29, 1.82) is 0 Å². The first-order valence-electron chi connectivity index (χ1n) is 14.9. The zero-order chi connectivity index (χ0) is 30.2. The van der Waals surface area contributed by atoms with Crippen LogP contribution in [0.1, 0.15) is 71.8 Å². The molecule has 1 fully saturated rings. The molecule has 228 valence electrons. The first-order chi connectivity index (χ1) is 19.5. The topological polar surface area (TPSA) is 119 Å². The van der Waals surface area contributed by atoms with Gasteiger partial charge in [-0.05, 0) is 0 Å². The van der Waals surface area contributed by atoms with Gasteiger partial charge >= 0.3 is 250 Å². The van der Waals surface area contributed by atoms with Gasteiger partial charge in [0.1, 0.15) is 0 Å². The number of unbranched alkanes of at least 4 members (excludes halogenated alkanes) is 3. The van der Waals surface area contributed by atoms with E-state index in [1.807, 2.05) is 6.07 Å². The summed E-state index contributed by atoms with van der Waals surface area (Å²) < 4.78 is 41.6. The predicted molar refractivity (Wildman–Crippen MR) is 162 cm³/mol. The Labute approximate surface area is 249 Å². The summed E-state index contributed by atoms with van der Waals surface area (Å²) in [6.45, 7) is 7.82. The molecular weight excluding hydrogens is 651 g/mol. The van der Waals surface area contributed by atoms with Crippen molar-refractivity contribution in [2.45, 2.75) is 97.6 Å². The zero-order valence-corrected chi connectivity index (χ0v) is 28.8. The van der Waals surface area contributed by atoms with Crippen molar-refractivity contribution in [3.63, 3.8) is 0 Å². The Kier molecular flexibility index (Phi) is 12.3. The van der Waals surface area contributed by atoms with E-state index in [1.54, 1.807) is 0 Å². The molecule has 1 aromatic rings. The van der Waals surface area contributed by atoms with Gasteiger partial charge in [-0.25, -0.2) is 0 Å². The average Bonchev–Trinajstić information content (AvgIpc) is 2.94. The molecule has 2 atom stereocenters. The Morgan fingerprint density at radius 3 is 2.20 bits per heavy atom. The summed E-state index contributed by atoms with van der Waals surface area (Å²) in [7, 11) is -2.57. The van der Waals surface area contributed by atoms with E-state index in [1.165, 1.54) is 69.4 Å². The van der Waals surface area contributed by atoms with Crippen LogP contribution in [0.25, 0.3) is 0 Å². The Morgan fingerprint density at radius 2 is 1.66 bits per heavy atom. The fourth-order valence-electron chi connectivity index (χ4n) is 6.01. The number of ether oxygens (including phenoxy) is 2. The van der Waals surface area contributed by atoms with Gasteiger partial charge in [0, 0.05) is 0 Å². The number of carbonyl (C=O) groups is 3. The van der Waals surface area contributed by atoms with E-state index in [-0.39, 0.29) is 24.4 Å². The van der Waals surface area contributed by atoms with Crippen LogP contribution in [0.3, 0.4) is 0 Å². The number of nitrogens with zero attached hydrogens (tertiary/aromatic N) is 1. The van der Waals surface area contributed by atoms with Gasteiger partial charge in [-0.3, -0.25) is 0 Å². The fraction of sp³-hybridized carbons (Fsp3) is 0.633. The van der Waals surface area contributed by atoms with E-state index in [9.17, 15) is 22.8 Å². The standard InChI is InChI=1S/C18H19N2O7S.3C4H9.Sn/c1-11(21)27-9-13-10-28(24,25)18-15(26-2)17(23)20(18)14(13)16(22)19-8-12-6-4-3-5-7-12;3*1-3-4-2;/h3-4,6-7,15,18H,8-10H2,1-2H3,(H,19,22);3*1,3-4H2,2H3;/t15-,18+;;;;/m0..../s1. The van der Waals surface area contributed by atoms with Gasteiger partial charge in [-0.2, -0.15) is 0 Å². The number of hydrogen-bond donors (Lipinski definition) is 1. The molecule has 1 N–H and O–H groups in total. The number of benzene rings is 1. The Morgan fingerprint density at radius 1 is 1.05 bits per heavy atom. The van der Waals surface area contributed by atoms with Gasteiger partial charge in [-0.1, -0.05) is 0 Å². The number of β-lactam (4-membered cyclic amide) rings is 1. The summed E-state index contributed by atoms with van der Waals surface area (Å²) in [4.78, 5) is 38.8. The molecule has 0 aromatic heterocycles. The molecule has 0 aliphatic carbocycles. The van der Waals surface area contributed by atoms with Crippen molar-refractivity contribution >= 4 is 49.6 Å². The van der Waals surface area contributed by atoms with Crippen LogP contribution in [0.4, 0.5) is 0 Å². The third-order valence-corrected chi connectivity index (χ3v) is 25.8. The summed E-state index contributed by atoms with van der Waals surface area (Å²) >= 11 is -2.68. The molecule has 11 heteroatoms. The first-order valence-corrected chi connectivity index (χ1v) is 24.0. The van der Waals surface area contributed by atoms with Crippen molar-refractivity contribution in [3.8, 4) is 0 Å². The summed E-state index contributed by atoms with van der Waals surface area (Å²) in [6, 6.07) is 8.65. The van der Waals surface area contributed by atoms with Crippen LogP contribution >= 0.6 is 0 Å². The van der Waals surface area contributed by atoms with Crippen molar-refractivity contribution in [2.24, 2.45) is 0 Å². The van der Waals surface area contributed by atoms with Crippen molar-refractivity contribution < 1.29 is 32.3 Å². The van der Waals surface area contributed by atoms with Crippen molar-refractivity contribution in [2.75, 3.05) is 19.5 Å². The van der Waals surface area contributed by atoms with E-state index >= 15 is 0 Å². The van der Waals surface area contributed by atoms with Gasteiger partial charge in [0.15, 0.2) is 0 Å². The molecular formula is C30H46N2O7SSn. The second-order valence-electron chi connectivity index (χ2n) is 11.3. The summed E-state index contributed by atoms with van der Waals surface area (Å²) in [6.07, 6.45) is 6.15. The van der Waals surface area contributed by atoms with Crippen LogP contribution in [-0.4, -0.2) is 80.4 Å². The monoisotopic (exact) mass is 698 g/mol. The number of fused-ring (bicyclic) bond motifs is 1. The Hall–Kier alpha value is -1.92. The molecule has 41 heavy (non-hydrogen) atoms. The molecule has 0 saturated carbocycles. The normalized spacial score (nSPS) is 19.9. The van der Waals surface area contributed by atoms with Crippen LogP contribution < -0.4 is 8.90 Å². The number of rotatable bonds is 16. The number of esters is 1.